The Labute approximate surface area is 215 Å². The number of benzene rings is 2. The monoisotopic (exact) mass is 565 g/mol. The highest BCUT2D eigenvalue weighted by Crippen LogP contribution is 2.30. The number of amides is 1. The quantitative estimate of drug-likeness (QED) is 0.422. The first-order valence-corrected chi connectivity index (χ1v) is 12.4. The van der Waals surface area contributed by atoms with Crippen LogP contribution in [0.25, 0.3) is 10.9 Å². The molecule has 0 atom stereocenters. The lowest BCUT2D eigenvalue weighted by molar-refractivity contribution is -0.274. The summed E-state index contributed by atoms with van der Waals surface area (Å²) in [5, 5.41) is 4.32. The number of carbonyl (C=O) groups excluding carboxylic acids is 1. The molecule has 0 spiro atoms. The molecule has 0 unspecified atom stereocenters. The van der Waals surface area contributed by atoms with Crippen molar-refractivity contribution in [1.82, 2.24) is 14.9 Å². The molecule has 1 fully saturated rings. The molecule has 2 aromatic carbocycles. The molecule has 0 aliphatic carbocycles. The molecular formula is C25H27BrF3N5O2. The third-order valence-electron chi connectivity index (χ3n) is 6.12. The first kappa shape index (κ1) is 26.0. The molecule has 1 saturated heterocycles. The van der Waals surface area contributed by atoms with E-state index in [-0.39, 0.29) is 23.6 Å². The molecule has 4 rings (SSSR count). The molecule has 1 aromatic heterocycles. The molecule has 2 heterocycles. The van der Waals surface area contributed by atoms with Gasteiger partial charge in [0.15, 0.2) is 0 Å². The Morgan fingerprint density at radius 3 is 2.58 bits per heavy atom. The number of carbonyl (C=O) groups is 1. The number of rotatable bonds is 7. The van der Waals surface area contributed by atoms with Gasteiger partial charge in [-0.3, -0.25) is 4.79 Å². The third-order valence-corrected chi connectivity index (χ3v) is 6.61. The van der Waals surface area contributed by atoms with Gasteiger partial charge >= 0.3 is 6.36 Å². The van der Waals surface area contributed by atoms with Gasteiger partial charge in [-0.05, 0) is 43.0 Å². The summed E-state index contributed by atoms with van der Waals surface area (Å²) in [4.78, 5) is 25.8. The molecule has 11 heteroatoms. The Morgan fingerprint density at radius 2 is 1.89 bits per heavy atom. The number of anilines is 2. The minimum absolute atomic E-state index is 0.153. The van der Waals surface area contributed by atoms with Gasteiger partial charge in [0.05, 0.1) is 11.9 Å². The average molecular weight is 566 g/mol. The van der Waals surface area contributed by atoms with Crippen LogP contribution in [0.4, 0.5) is 24.9 Å². The van der Waals surface area contributed by atoms with E-state index in [2.05, 4.69) is 36.0 Å². The largest absolute Gasteiger partial charge is 0.573 e. The first-order valence-electron chi connectivity index (χ1n) is 11.6. The van der Waals surface area contributed by atoms with E-state index < -0.39 is 6.36 Å². The number of piperidine rings is 1. The predicted octanol–water partition coefficient (Wildman–Crippen LogP) is 5.25. The van der Waals surface area contributed by atoms with Crippen LogP contribution in [0.2, 0.25) is 0 Å². The molecule has 1 aliphatic rings. The summed E-state index contributed by atoms with van der Waals surface area (Å²) in [6, 6.07) is 12.2. The number of ether oxygens (including phenoxy) is 1. The second-order valence-corrected chi connectivity index (χ2v) is 9.88. The lowest BCUT2D eigenvalue weighted by Crippen LogP contribution is -2.40. The van der Waals surface area contributed by atoms with Crippen LogP contribution in [0.5, 0.6) is 5.75 Å². The van der Waals surface area contributed by atoms with Gasteiger partial charge in [-0.1, -0.05) is 34.1 Å². The Hall–Kier alpha value is -3.08. The number of alkyl halides is 3. The fourth-order valence-electron chi connectivity index (χ4n) is 4.27. The number of nitrogens with one attached hydrogen (secondary N) is 1. The highest BCUT2D eigenvalue weighted by Gasteiger charge is 2.33. The van der Waals surface area contributed by atoms with E-state index in [1.54, 1.807) is 11.0 Å². The van der Waals surface area contributed by atoms with E-state index >= 15 is 0 Å². The maximum Gasteiger partial charge on any atom is 0.573 e. The van der Waals surface area contributed by atoms with Crippen LogP contribution in [0.1, 0.15) is 18.4 Å². The molecule has 7 nitrogen and oxygen atoms in total. The van der Waals surface area contributed by atoms with Crippen molar-refractivity contribution in [3.05, 3.63) is 52.5 Å². The molecule has 0 saturated carbocycles. The first-order chi connectivity index (χ1) is 17.1. The highest BCUT2D eigenvalue weighted by molar-refractivity contribution is 9.10. The summed E-state index contributed by atoms with van der Waals surface area (Å²) in [6.07, 6.45) is -3.43. The van der Waals surface area contributed by atoms with Gasteiger partial charge in [-0.2, -0.15) is 4.98 Å². The van der Waals surface area contributed by atoms with Crippen LogP contribution >= 0.6 is 15.9 Å². The molecule has 1 aliphatic heterocycles. The van der Waals surface area contributed by atoms with Gasteiger partial charge in [0.2, 0.25) is 11.9 Å². The molecule has 1 amide bonds. The third kappa shape index (κ3) is 6.57. The minimum atomic E-state index is -4.83. The molecule has 0 radical (unpaired) electrons. The van der Waals surface area contributed by atoms with Crippen LogP contribution in [-0.4, -0.2) is 60.9 Å². The van der Waals surface area contributed by atoms with E-state index in [1.165, 1.54) is 12.1 Å². The van der Waals surface area contributed by atoms with Crippen molar-refractivity contribution in [3.8, 4) is 5.75 Å². The van der Waals surface area contributed by atoms with Crippen LogP contribution in [0, 0.1) is 5.92 Å². The molecule has 0 bridgehead atoms. The molecule has 1 N–H and O–H groups in total. The van der Waals surface area contributed by atoms with Gasteiger partial charge in [0.1, 0.15) is 11.6 Å². The Kier molecular flexibility index (Phi) is 7.87. The van der Waals surface area contributed by atoms with Crippen molar-refractivity contribution in [2.75, 3.05) is 43.9 Å². The maximum absolute atomic E-state index is 12.8. The van der Waals surface area contributed by atoms with Crippen molar-refractivity contribution >= 4 is 44.5 Å². The number of hydrogen-bond donors (Lipinski definition) is 1. The second kappa shape index (κ2) is 10.9. The molecule has 3 aromatic rings. The zero-order valence-electron chi connectivity index (χ0n) is 20.0. The van der Waals surface area contributed by atoms with Gasteiger partial charge in [-0.15, -0.1) is 13.2 Å². The Morgan fingerprint density at radius 1 is 1.17 bits per heavy atom. The smallest absolute Gasteiger partial charge is 0.405 e. The van der Waals surface area contributed by atoms with E-state index in [1.807, 2.05) is 43.3 Å². The van der Waals surface area contributed by atoms with Gasteiger partial charge in [-0.25, -0.2) is 4.98 Å². The topological polar surface area (TPSA) is 70.6 Å². The Balaban J connectivity index is 1.33. The minimum Gasteiger partial charge on any atom is -0.405 e. The van der Waals surface area contributed by atoms with Crippen molar-refractivity contribution in [2.24, 2.45) is 5.92 Å². The summed E-state index contributed by atoms with van der Waals surface area (Å²) in [7, 11) is 3.88. The van der Waals surface area contributed by atoms with E-state index in [9.17, 15) is 18.0 Å². The fourth-order valence-corrected chi connectivity index (χ4v) is 4.61. The average Bonchev–Trinajstić information content (AvgIpc) is 2.83. The maximum atomic E-state index is 12.8. The summed E-state index contributed by atoms with van der Waals surface area (Å²) in [5.41, 5.74) is 1.07. The predicted molar refractivity (Wildman–Crippen MR) is 136 cm³/mol. The van der Waals surface area contributed by atoms with Gasteiger partial charge in [0.25, 0.3) is 0 Å². The lowest BCUT2D eigenvalue weighted by atomic mass is 9.96. The number of halogens is 4. The summed E-state index contributed by atoms with van der Waals surface area (Å²) in [5.74, 6) is 1.14. The second-order valence-electron chi connectivity index (χ2n) is 8.96. The van der Waals surface area contributed by atoms with Crippen LogP contribution in [0.3, 0.4) is 0 Å². The number of aromatic nitrogens is 2. The molecule has 36 heavy (non-hydrogen) atoms. The highest BCUT2D eigenvalue weighted by atomic mass is 79.9. The summed E-state index contributed by atoms with van der Waals surface area (Å²) in [6.45, 7) is 1.75. The number of fused-ring (bicyclic) bond motifs is 1. The Bertz CT molecular complexity index is 1230. The number of nitrogens with zero attached hydrogens (tertiary/aromatic N) is 4. The number of hydrogen-bond acceptors (Lipinski definition) is 6. The van der Waals surface area contributed by atoms with Crippen molar-refractivity contribution in [3.63, 3.8) is 0 Å². The number of para-hydroxylation sites is 1. The van der Waals surface area contributed by atoms with Crippen molar-refractivity contribution in [1.29, 1.82) is 0 Å². The number of likely N-dealkylation sites (tertiary alicyclic amines) is 1. The van der Waals surface area contributed by atoms with E-state index in [4.69, 9.17) is 0 Å². The normalized spacial score (nSPS) is 14.7. The zero-order valence-corrected chi connectivity index (χ0v) is 21.6. The van der Waals surface area contributed by atoms with Crippen LogP contribution < -0.4 is 15.0 Å². The van der Waals surface area contributed by atoms with Gasteiger partial charge in [0, 0.05) is 49.2 Å². The van der Waals surface area contributed by atoms with Gasteiger partial charge < -0.3 is 19.9 Å². The SMILES string of the molecule is CN(C)c1nc(NCC2CCN(C(=O)Cc3ccc(Br)cc3OC(F)(F)F)CC2)nc2ccccc12. The van der Waals surface area contributed by atoms with Crippen LogP contribution in [0.15, 0.2) is 46.9 Å². The summed E-state index contributed by atoms with van der Waals surface area (Å²) < 4.78 is 42.9. The van der Waals surface area contributed by atoms with E-state index in [0.717, 1.165) is 29.6 Å². The van der Waals surface area contributed by atoms with E-state index in [0.29, 0.717) is 36.0 Å². The summed E-state index contributed by atoms with van der Waals surface area (Å²) >= 11 is 3.15. The van der Waals surface area contributed by atoms with Crippen molar-refractivity contribution < 1.29 is 22.7 Å². The zero-order chi connectivity index (χ0) is 25.9. The van der Waals surface area contributed by atoms with Crippen molar-refractivity contribution in [2.45, 2.75) is 25.6 Å². The van der Waals surface area contributed by atoms with Crippen LogP contribution in [-0.2, 0) is 11.2 Å². The lowest BCUT2D eigenvalue weighted by Gasteiger charge is -2.32. The molecular weight excluding hydrogens is 539 g/mol. The fraction of sp³-hybridized carbons (Fsp3) is 0.400. The molecule has 192 valence electrons. The standard InChI is InChI=1S/C25H27BrF3N5O2/c1-33(2)23-19-5-3-4-6-20(19)31-24(32-23)30-15-16-9-11-34(12-10-16)22(35)13-17-7-8-18(26)14-21(17)36-25(27,28)29/h3-8,14,16H,9-13,15H2,1-2H3,(H,30,31,32).